The maximum atomic E-state index is 12.1. The molecule has 0 bridgehead atoms. The molecule has 0 fully saturated rings. The van der Waals surface area contributed by atoms with Crippen LogP contribution in [0.5, 0.6) is 0 Å². The number of aromatic nitrogens is 2. The quantitative estimate of drug-likeness (QED) is 0.134. The van der Waals surface area contributed by atoms with E-state index in [9.17, 15) is 24.7 Å². The Kier molecular flexibility index (Phi) is 19.6. The first kappa shape index (κ1) is 82.4. The Bertz CT molecular complexity index is 8360. The average Bonchev–Trinajstić information content (AvgIpc) is 1.06. The maximum absolute atomic E-state index is 12.1. The lowest BCUT2D eigenvalue weighted by Gasteiger charge is -2.46. The fourth-order valence-electron chi connectivity index (χ4n) is 20.7. The Morgan fingerprint density at radius 3 is 0.724 bits per heavy atom. The summed E-state index contributed by atoms with van der Waals surface area (Å²) in [4.78, 5) is 4.07. The van der Waals surface area contributed by atoms with Crippen LogP contribution >= 0.6 is 0 Å². The molecule has 0 saturated heterocycles. The zero-order chi connectivity index (χ0) is 121. The maximum Gasteiger partial charge on any atom is 0.252 e. The van der Waals surface area contributed by atoms with Gasteiger partial charge in [-0.2, -0.15) is 0 Å². The molecule has 0 amide bonds. The van der Waals surface area contributed by atoms with Crippen molar-refractivity contribution in [1.82, 2.24) is 9.13 Å². The molecule has 2 aliphatic heterocycles. The molecule has 18 rings (SSSR count). The summed E-state index contributed by atoms with van der Waals surface area (Å²) in [6, 6.07) is 44.3. The van der Waals surface area contributed by atoms with Gasteiger partial charge < -0.3 is 18.9 Å². The van der Waals surface area contributed by atoms with Crippen molar-refractivity contribution in [1.29, 1.82) is 0 Å². The van der Waals surface area contributed by atoms with E-state index in [-0.39, 0.29) is 207 Å². The predicted molar refractivity (Wildman–Crippen MR) is 638 cm³/mol. The van der Waals surface area contributed by atoms with Crippen molar-refractivity contribution in [3.63, 3.8) is 0 Å². The summed E-state index contributed by atoms with van der Waals surface area (Å²) in [5, 5.41) is 3.91. The van der Waals surface area contributed by atoms with E-state index in [1.54, 1.807) is 0 Å². The van der Waals surface area contributed by atoms with Crippen LogP contribution in [0.15, 0.2) is 248 Å². The number of nitrogens with zero attached hydrogens (tertiary/aromatic N) is 4. The van der Waals surface area contributed by atoms with Crippen LogP contribution in [-0.2, 0) is 75.8 Å². The van der Waals surface area contributed by atoms with Crippen LogP contribution < -0.4 is 26.2 Å². The van der Waals surface area contributed by atoms with Crippen LogP contribution in [0.4, 0.5) is 34.1 Å². The molecule has 0 radical (unpaired) electrons. The van der Waals surface area contributed by atoms with Gasteiger partial charge in [-0.05, 0) is 313 Å². The van der Waals surface area contributed by atoms with E-state index in [1.807, 2.05) is 176 Å². The summed E-state index contributed by atoms with van der Waals surface area (Å²) in [6.07, 6.45) is 0. The Hall–Kier alpha value is -11.7. The van der Waals surface area contributed by atoms with Gasteiger partial charge in [-0.3, -0.25) is 0 Å². The first-order valence-corrected chi connectivity index (χ1v) is 52.6. The van der Waals surface area contributed by atoms with E-state index in [4.69, 9.17) is 0 Å². The monoisotopic (exact) mass is 1930 g/mol. The summed E-state index contributed by atoms with van der Waals surface area (Å²) in [7, 11) is 0. The molecule has 14 aromatic carbocycles. The van der Waals surface area contributed by atoms with Gasteiger partial charge in [0.05, 0.1) is 58.1 Å². The molecular formula is C140H167BN4. The highest BCUT2D eigenvalue weighted by Gasteiger charge is 2.48. The first-order chi connectivity index (χ1) is 74.3. The number of hydrogen-bond acceptors (Lipinski definition) is 2. The van der Waals surface area contributed by atoms with Crippen LogP contribution in [-0.4, -0.2) is 15.8 Å². The minimum absolute atomic E-state index is 0.0145. The minimum atomic E-state index is -1.25. The normalized spacial score (nSPS) is 15.8. The summed E-state index contributed by atoms with van der Waals surface area (Å²) in [6.45, 7) is 84.4. The summed E-state index contributed by atoms with van der Waals surface area (Å²) < 4.78 is 208. The fraction of sp³-hybridized carbons (Fsp3) is 0.400. The zero-order valence-electron chi connectivity index (χ0n) is 113. The average molecular weight is 1930 g/mol. The number of hydrogen-bond donors (Lipinski definition) is 0. The second kappa shape index (κ2) is 34.5. The molecule has 145 heavy (non-hydrogen) atoms. The molecule has 0 aliphatic carbocycles. The highest BCUT2D eigenvalue weighted by atomic mass is 15.2. The van der Waals surface area contributed by atoms with Gasteiger partial charge in [0.25, 0.3) is 6.71 Å². The van der Waals surface area contributed by atoms with Crippen molar-refractivity contribution < 1.29 is 24.7 Å². The van der Waals surface area contributed by atoms with E-state index in [0.29, 0.717) is 61.6 Å². The second-order valence-corrected chi connectivity index (χ2v) is 56.4. The molecule has 4 nitrogen and oxygen atoms in total. The van der Waals surface area contributed by atoms with Crippen molar-refractivity contribution in [2.45, 2.75) is 367 Å². The molecule has 0 N–H and O–H groups in total. The van der Waals surface area contributed by atoms with Crippen LogP contribution in [0.25, 0.3) is 111 Å². The lowest BCUT2D eigenvalue weighted by atomic mass is 9.33. The largest absolute Gasteiger partial charge is 0.310 e. The molecule has 0 atom stereocenters. The lowest BCUT2D eigenvalue weighted by molar-refractivity contribution is 0.568. The van der Waals surface area contributed by atoms with Gasteiger partial charge in [-0.1, -0.05) is 430 Å². The van der Waals surface area contributed by atoms with Crippen molar-refractivity contribution in [2.75, 3.05) is 9.80 Å². The second-order valence-electron chi connectivity index (χ2n) is 56.4. The molecular weight excluding hydrogens is 1750 g/mol. The van der Waals surface area contributed by atoms with Crippen LogP contribution in [0.2, 0.25) is 0 Å². The molecule has 5 heteroatoms. The van der Waals surface area contributed by atoms with Crippen molar-refractivity contribution in [2.24, 2.45) is 0 Å². The van der Waals surface area contributed by atoms with E-state index in [2.05, 4.69) is 273 Å². The summed E-state index contributed by atoms with van der Waals surface area (Å²) in [5.74, 6) is 0. The fourth-order valence-corrected chi connectivity index (χ4v) is 20.7. The van der Waals surface area contributed by atoms with Gasteiger partial charge in [0.1, 0.15) is 0 Å². The van der Waals surface area contributed by atoms with E-state index in [1.165, 1.54) is 0 Å². The zero-order valence-corrected chi connectivity index (χ0v) is 95.1. The SMILES string of the molecule is [2H]c1c([2H])c(C(C)(C)C)c([2H])c([2H])c1-c1c([2H])c(C(C)(C)C)c([2H])c(-c2c([2H])c([2H])c(C(C)(C)C)c([2H])c2C(C)(C)C)c1N1c2cc(-n3c4ccc(C(C)(C)C)cc4c4cc(C(C)(C)C)ccc43)ccc2B2c3ccc(-n4c5ccc(C(C)(C)C)cc5c5cc(C(C)(C)C)ccc54)cc3N(c3c(-c4c([2H])c([2H])c(C(C)(C)C)c([2H])c4[2H])c([2H])c(C(C)(C)C)c([2H])c3-c3c([2H])c([2H])c(C(C)(C)C)c([2H])c3C(C)(C)C)c3cc(-c4cc(C(C)(C)C)cc(C(C)(C)C)c4)cc1c32. The van der Waals surface area contributed by atoms with E-state index in [0.717, 1.165) is 77.0 Å². The molecule has 0 unspecified atom stereocenters. The smallest absolute Gasteiger partial charge is 0.252 e. The Morgan fingerprint density at radius 2 is 0.455 bits per heavy atom. The van der Waals surface area contributed by atoms with E-state index < -0.39 is 85.0 Å². The van der Waals surface area contributed by atoms with Crippen molar-refractivity contribution in [3.05, 3.63) is 326 Å². The minimum Gasteiger partial charge on any atom is -0.310 e. The van der Waals surface area contributed by atoms with Crippen LogP contribution in [0.3, 0.4) is 0 Å². The van der Waals surface area contributed by atoms with Gasteiger partial charge in [0.2, 0.25) is 0 Å². The van der Waals surface area contributed by atoms with Gasteiger partial charge in [-0.15, -0.1) is 0 Å². The third-order valence-electron chi connectivity index (χ3n) is 29.8. The number of rotatable bonds is 9. The van der Waals surface area contributed by atoms with Crippen LogP contribution in [0.1, 0.15) is 393 Å². The van der Waals surface area contributed by atoms with Gasteiger partial charge in [0, 0.05) is 77.9 Å². The van der Waals surface area contributed by atoms with Gasteiger partial charge >= 0.3 is 0 Å². The van der Waals surface area contributed by atoms with Crippen LogP contribution in [0, 0.1) is 0 Å². The number of benzene rings is 14. The predicted octanol–water partition coefficient (Wildman–Crippen LogP) is 38.5. The van der Waals surface area contributed by atoms with Gasteiger partial charge in [-0.25, -0.2) is 0 Å². The lowest BCUT2D eigenvalue weighted by Crippen LogP contribution is -2.61. The summed E-state index contributed by atoms with van der Waals surface area (Å²) in [5.41, 5.74) is 4.04. The number of fused-ring (bicyclic) bond motifs is 10. The van der Waals surface area contributed by atoms with Crippen molar-refractivity contribution >= 4 is 101 Å². The first-order valence-electron chi connectivity index (χ1n) is 61.6. The highest BCUT2D eigenvalue weighted by molar-refractivity contribution is 7.00. The molecule has 0 saturated carbocycles. The molecule has 750 valence electrons. The topological polar surface area (TPSA) is 16.3 Å². The summed E-state index contributed by atoms with van der Waals surface area (Å²) >= 11 is 0. The Morgan fingerprint density at radius 1 is 0.193 bits per heavy atom. The number of anilines is 6. The third kappa shape index (κ3) is 19.0. The van der Waals surface area contributed by atoms with Gasteiger partial charge in [0.15, 0.2) is 0 Å². The molecule has 4 heterocycles. The molecule has 0 spiro atoms. The molecule has 2 aromatic heterocycles. The Balaban J connectivity index is 1.23. The standard InChI is InChI=1S/C140H167BN4/c1-127(2,3)88-47-43-84(44-48-88)104-76-98(137(31,32)33)78-110(102-59-51-94(133(19,20)21)80-112(102)139(37,38)39)125(104)144-120-82-100(142-116-63-53-90(129(7,8)9)72-106(116)107-73-91(130(10,11)12)54-64-117(107)142)57-61-114(120)141-115-62-58-101(143-118-65-55-92(131(13,14)15)74-108(118)109-75-93(132(16,17)18)56-66-119(109)143)83-121(115)145(123-70-87(69-122(144)124(123)141)86-67-96(135(25,26)27)71-97(68-86)136(28,29)30)126-105(85-45-49-89(50-46-85)128(4,5)6)77-99(138(34,35)36)79-111(126)103-60-52-95(134(22,23)24)81-113(103)140(40,41)42/h43-83H,1-42H3/i43D,44D,45D,46D,47D,48D,49D,50D,51D,52D,59D,60D,76D,77D,78D,79D,80D,81D. The third-order valence-corrected chi connectivity index (χ3v) is 29.8. The van der Waals surface area contributed by atoms with Crippen molar-refractivity contribution in [3.8, 4) is 67.0 Å². The van der Waals surface area contributed by atoms with E-state index >= 15 is 0 Å². The molecule has 16 aromatic rings. The Labute approximate surface area is 899 Å². The highest BCUT2D eigenvalue weighted by Crippen LogP contribution is 2.59. The molecule has 2 aliphatic rings.